The monoisotopic (exact) mass is 173 g/mol. The van der Waals surface area contributed by atoms with Gasteiger partial charge in [0.15, 0.2) is 0 Å². The summed E-state index contributed by atoms with van der Waals surface area (Å²) >= 11 is 0. The molecule has 0 aromatic carbocycles. The predicted molar refractivity (Wildman–Crippen MR) is 43.0 cm³/mol. The SMILES string of the molecule is O=P(C1CN1)(C1CN1)C1CN1. The van der Waals surface area contributed by atoms with E-state index >= 15 is 0 Å². The highest BCUT2D eigenvalue weighted by molar-refractivity contribution is 7.67. The van der Waals surface area contributed by atoms with Crippen molar-refractivity contribution >= 4 is 7.14 Å². The van der Waals surface area contributed by atoms with Crippen molar-refractivity contribution in [2.45, 2.75) is 17.3 Å². The van der Waals surface area contributed by atoms with Crippen LogP contribution in [-0.4, -0.2) is 37.0 Å². The molecule has 62 valence electrons. The molecular weight excluding hydrogens is 161 g/mol. The minimum absolute atomic E-state index is 0.336. The van der Waals surface area contributed by atoms with Crippen molar-refractivity contribution in [3.8, 4) is 0 Å². The third-order valence-corrected chi connectivity index (χ3v) is 6.64. The van der Waals surface area contributed by atoms with Crippen molar-refractivity contribution in [3.05, 3.63) is 0 Å². The Kier molecular flexibility index (Phi) is 1.13. The zero-order valence-electron chi connectivity index (χ0n) is 6.21. The van der Waals surface area contributed by atoms with Gasteiger partial charge in [0.2, 0.25) is 0 Å². The van der Waals surface area contributed by atoms with E-state index in [1.54, 1.807) is 0 Å². The van der Waals surface area contributed by atoms with E-state index in [2.05, 4.69) is 16.0 Å². The Labute approximate surface area is 65.5 Å². The Morgan fingerprint density at radius 3 is 1.36 bits per heavy atom. The third kappa shape index (κ3) is 0.905. The largest absolute Gasteiger partial charge is 0.319 e. The molecule has 3 atom stereocenters. The van der Waals surface area contributed by atoms with E-state index in [1.807, 2.05) is 0 Å². The van der Waals surface area contributed by atoms with Crippen LogP contribution in [0.1, 0.15) is 0 Å². The fourth-order valence-corrected chi connectivity index (χ4v) is 5.00. The lowest BCUT2D eigenvalue weighted by molar-refractivity contribution is 0.570. The highest BCUT2D eigenvalue weighted by Crippen LogP contribution is 2.64. The average Bonchev–Trinajstić information content (AvgIpc) is 2.81. The quantitative estimate of drug-likeness (QED) is 0.383. The molecule has 5 heteroatoms. The van der Waals surface area contributed by atoms with Crippen LogP contribution < -0.4 is 16.0 Å². The van der Waals surface area contributed by atoms with Gasteiger partial charge >= 0.3 is 0 Å². The molecule has 3 aliphatic rings. The Hall–Kier alpha value is 0.110. The first-order valence-electron chi connectivity index (χ1n) is 4.11. The molecule has 0 aliphatic carbocycles. The molecule has 3 N–H and O–H groups in total. The second-order valence-corrected chi connectivity index (χ2v) is 6.93. The van der Waals surface area contributed by atoms with Crippen LogP contribution in [0, 0.1) is 0 Å². The molecule has 0 spiro atoms. The highest BCUT2D eigenvalue weighted by Gasteiger charge is 2.58. The molecule has 0 bridgehead atoms. The molecule has 3 rings (SSSR count). The summed E-state index contributed by atoms with van der Waals surface area (Å²) in [5, 5.41) is 9.52. The maximum atomic E-state index is 12.3. The lowest BCUT2D eigenvalue weighted by atomic mass is 10.9. The highest BCUT2D eigenvalue weighted by atomic mass is 31.2. The van der Waals surface area contributed by atoms with Crippen LogP contribution in [0.2, 0.25) is 0 Å². The summed E-state index contributed by atoms with van der Waals surface area (Å²) in [7, 11) is -1.94. The normalized spacial score (nSPS) is 51.5. The average molecular weight is 173 g/mol. The summed E-state index contributed by atoms with van der Waals surface area (Å²) in [5.41, 5.74) is 0. The Morgan fingerprint density at radius 2 is 1.18 bits per heavy atom. The van der Waals surface area contributed by atoms with Crippen molar-refractivity contribution in [1.82, 2.24) is 16.0 Å². The number of hydrogen-bond acceptors (Lipinski definition) is 4. The predicted octanol–water partition coefficient (Wildman–Crippen LogP) is -0.863. The van der Waals surface area contributed by atoms with Crippen molar-refractivity contribution < 1.29 is 4.57 Å². The molecule has 4 nitrogen and oxygen atoms in total. The molecule has 0 amide bonds. The minimum Gasteiger partial charge on any atom is -0.319 e. The van der Waals surface area contributed by atoms with Gasteiger partial charge in [0.05, 0.1) is 17.3 Å². The van der Waals surface area contributed by atoms with E-state index in [4.69, 9.17) is 0 Å². The molecule has 3 saturated heterocycles. The van der Waals surface area contributed by atoms with Crippen LogP contribution in [-0.2, 0) is 4.57 Å². The van der Waals surface area contributed by atoms with Gasteiger partial charge in [0, 0.05) is 19.6 Å². The minimum atomic E-state index is -1.94. The molecule has 3 unspecified atom stereocenters. The Morgan fingerprint density at radius 1 is 0.909 bits per heavy atom. The van der Waals surface area contributed by atoms with Crippen LogP contribution in [0.5, 0.6) is 0 Å². The third-order valence-electron chi connectivity index (χ3n) is 2.62. The number of hydrogen-bond donors (Lipinski definition) is 3. The van der Waals surface area contributed by atoms with Crippen molar-refractivity contribution in [2.75, 3.05) is 19.6 Å². The summed E-state index contributed by atoms with van der Waals surface area (Å²) < 4.78 is 12.3. The van der Waals surface area contributed by atoms with E-state index in [1.165, 1.54) is 0 Å². The lowest BCUT2D eigenvalue weighted by Crippen LogP contribution is -2.10. The number of nitrogens with one attached hydrogen (secondary N) is 3. The second-order valence-electron chi connectivity index (χ2n) is 3.54. The maximum Gasteiger partial charge on any atom is 0.139 e. The van der Waals surface area contributed by atoms with E-state index in [-0.39, 0.29) is 0 Å². The van der Waals surface area contributed by atoms with E-state index in [0.29, 0.717) is 17.3 Å². The summed E-state index contributed by atoms with van der Waals surface area (Å²) in [6, 6.07) is 0. The lowest BCUT2D eigenvalue weighted by Gasteiger charge is -2.12. The first-order chi connectivity index (χ1) is 5.32. The van der Waals surface area contributed by atoms with Gasteiger partial charge < -0.3 is 20.5 Å². The van der Waals surface area contributed by atoms with Gasteiger partial charge in [-0.15, -0.1) is 0 Å². The van der Waals surface area contributed by atoms with Gasteiger partial charge in [-0.2, -0.15) is 0 Å². The van der Waals surface area contributed by atoms with E-state index in [0.717, 1.165) is 19.6 Å². The molecule has 11 heavy (non-hydrogen) atoms. The standard InChI is InChI=1S/C6H12N3OP/c10-11(4-1-7-4,5-2-8-5)6-3-9-6/h4-9H,1-3H2. The van der Waals surface area contributed by atoms with Gasteiger partial charge in [-0.25, -0.2) is 0 Å². The van der Waals surface area contributed by atoms with Crippen LogP contribution >= 0.6 is 7.14 Å². The maximum absolute atomic E-state index is 12.3. The topological polar surface area (TPSA) is 82.9 Å². The first-order valence-corrected chi connectivity index (χ1v) is 6.02. The number of rotatable bonds is 3. The fourth-order valence-electron chi connectivity index (χ4n) is 1.67. The van der Waals surface area contributed by atoms with Gasteiger partial charge in [-0.3, -0.25) is 0 Å². The molecule has 3 aliphatic heterocycles. The zero-order valence-corrected chi connectivity index (χ0v) is 7.10. The van der Waals surface area contributed by atoms with Crippen LogP contribution in [0.15, 0.2) is 0 Å². The second kappa shape index (κ2) is 1.88. The molecule has 0 saturated carbocycles. The smallest absolute Gasteiger partial charge is 0.139 e. The summed E-state index contributed by atoms with van der Waals surface area (Å²) in [4.78, 5) is 0. The fraction of sp³-hybridized carbons (Fsp3) is 1.00. The van der Waals surface area contributed by atoms with Crippen LogP contribution in [0.4, 0.5) is 0 Å². The van der Waals surface area contributed by atoms with E-state index < -0.39 is 7.14 Å². The van der Waals surface area contributed by atoms with Gasteiger partial charge in [-0.1, -0.05) is 0 Å². The summed E-state index contributed by atoms with van der Waals surface area (Å²) in [6.45, 7) is 2.90. The summed E-state index contributed by atoms with van der Waals surface area (Å²) in [5.74, 6) is 1.01. The van der Waals surface area contributed by atoms with Crippen molar-refractivity contribution in [3.63, 3.8) is 0 Å². The van der Waals surface area contributed by atoms with Crippen molar-refractivity contribution in [1.29, 1.82) is 0 Å². The Bertz CT molecular complexity index is 194. The van der Waals surface area contributed by atoms with Gasteiger partial charge in [-0.05, 0) is 0 Å². The molecular formula is C6H12N3OP. The molecule has 3 heterocycles. The van der Waals surface area contributed by atoms with E-state index in [9.17, 15) is 4.57 Å². The molecule has 0 radical (unpaired) electrons. The summed E-state index contributed by atoms with van der Waals surface area (Å²) in [6.07, 6.45) is 0. The van der Waals surface area contributed by atoms with Gasteiger partial charge in [0.25, 0.3) is 0 Å². The van der Waals surface area contributed by atoms with Crippen LogP contribution in [0.25, 0.3) is 0 Å². The molecule has 0 aromatic heterocycles. The first kappa shape index (κ1) is 6.61. The van der Waals surface area contributed by atoms with Crippen molar-refractivity contribution in [2.24, 2.45) is 0 Å². The molecule has 0 aromatic rings. The Balaban J connectivity index is 1.88. The zero-order chi connectivity index (χ0) is 7.47. The molecule has 3 fully saturated rings. The van der Waals surface area contributed by atoms with Gasteiger partial charge in [0.1, 0.15) is 7.14 Å². The van der Waals surface area contributed by atoms with Crippen LogP contribution in [0.3, 0.4) is 0 Å².